The largest absolute Gasteiger partial charge is 0.491 e. The van der Waals surface area contributed by atoms with Gasteiger partial charge in [0.25, 0.3) is 21.8 Å². The minimum absolute atomic E-state index is 0.0302. The second-order valence-electron chi connectivity index (χ2n) is 9.27. The van der Waals surface area contributed by atoms with E-state index >= 15 is 0 Å². The molecule has 3 aromatic rings. The van der Waals surface area contributed by atoms with Crippen LogP contribution in [0, 0.1) is 0 Å². The van der Waals surface area contributed by atoms with Gasteiger partial charge in [-0.05, 0) is 35.2 Å². The van der Waals surface area contributed by atoms with E-state index in [1.807, 2.05) is 20.8 Å². The number of rotatable bonds is 5. The van der Waals surface area contributed by atoms with Crippen molar-refractivity contribution >= 4 is 44.8 Å². The highest BCUT2D eigenvalue weighted by Crippen LogP contribution is 2.38. The van der Waals surface area contributed by atoms with E-state index in [1.54, 1.807) is 36.1 Å². The summed E-state index contributed by atoms with van der Waals surface area (Å²) in [6.45, 7) is 6.09. The molecule has 2 heterocycles. The number of pyridine rings is 1. The van der Waals surface area contributed by atoms with E-state index in [2.05, 4.69) is 4.72 Å². The lowest BCUT2D eigenvalue weighted by Gasteiger charge is -2.19. The van der Waals surface area contributed by atoms with Gasteiger partial charge in [0.2, 0.25) is 6.20 Å². The molecular formula is C25H25ClN3O5S+. The third kappa shape index (κ3) is 4.49. The number of benzene rings is 2. The van der Waals surface area contributed by atoms with Gasteiger partial charge in [-0.2, -0.15) is 0 Å². The molecule has 1 aromatic heterocycles. The van der Waals surface area contributed by atoms with Crippen molar-refractivity contribution in [2.24, 2.45) is 7.05 Å². The number of hydrogen-bond acceptors (Lipinski definition) is 5. The molecule has 0 bridgehead atoms. The van der Waals surface area contributed by atoms with Crippen molar-refractivity contribution in [3.05, 3.63) is 76.6 Å². The predicted octanol–water partition coefficient (Wildman–Crippen LogP) is 4.07. The summed E-state index contributed by atoms with van der Waals surface area (Å²) in [5.74, 6) is -0.910. The van der Waals surface area contributed by atoms with Crippen LogP contribution in [0.2, 0.25) is 5.02 Å². The van der Waals surface area contributed by atoms with Gasteiger partial charge in [-0.3, -0.25) is 14.3 Å². The van der Waals surface area contributed by atoms with Crippen molar-refractivity contribution < 1.29 is 27.3 Å². The van der Waals surface area contributed by atoms with Crippen molar-refractivity contribution in [2.45, 2.75) is 31.1 Å². The molecule has 0 spiro atoms. The highest BCUT2D eigenvalue weighted by molar-refractivity contribution is 7.92. The second-order valence-corrected chi connectivity index (χ2v) is 11.4. The molecule has 0 saturated heterocycles. The standard InChI is InChI=1S/C25H24ClN3O5S/c1-25(2,3)15-6-8-18(9-7-15)35(32,33)27-20-11-10-19(26)21-22(20)24(31)29(23(21)30)16-12-17(34-5)14-28(4)13-16/h6-14H,1-5H3/p+1. The van der Waals surface area contributed by atoms with E-state index in [1.165, 1.54) is 37.4 Å². The fourth-order valence-electron chi connectivity index (χ4n) is 3.88. The first kappa shape index (κ1) is 24.7. The SMILES string of the molecule is COc1cc(N2C(=O)c3c(Cl)ccc(NS(=O)(=O)c4ccc(C(C)(C)C)cc4)c3C2=O)c[n+](C)c1. The number of fused-ring (bicyclic) bond motifs is 1. The topological polar surface area (TPSA) is 96.7 Å². The van der Waals surface area contributed by atoms with Gasteiger partial charge in [0.1, 0.15) is 12.7 Å². The Morgan fingerprint density at radius 2 is 1.60 bits per heavy atom. The van der Waals surface area contributed by atoms with Crippen LogP contribution in [0.4, 0.5) is 11.4 Å². The molecule has 2 amide bonds. The zero-order valence-electron chi connectivity index (χ0n) is 19.9. The number of nitrogens with zero attached hydrogens (tertiary/aromatic N) is 2. The molecule has 8 nitrogen and oxygen atoms in total. The molecule has 0 atom stereocenters. The predicted molar refractivity (Wildman–Crippen MR) is 133 cm³/mol. The number of aromatic nitrogens is 1. The maximum absolute atomic E-state index is 13.4. The summed E-state index contributed by atoms with van der Waals surface area (Å²) in [4.78, 5) is 27.7. The van der Waals surface area contributed by atoms with E-state index in [4.69, 9.17) is 16.3 Å². The van der Waals surface area contributed by atoms with Crippen molar-refractivity contribution in [1.29, 1.82) is 0 Å². The number of halogens is 1. The summed E-state index contributed by atoms with van der Waals surface area (Å²) in [6, 6.07) is 10.8. The highest BCUT2D eigenvalue weighted by atomic mass is 35.5. The van der Waals surface area contributed by atoms with Gasteiger partial charge in [0.05, 0.1) is 33.8 Å². The minimum atomic E-state index is -4.05. The number of amides is 2. The van der Waals surface area contributed by atoms with Crippen LogP contribution in [0.1, 0.15) is 47.1 Å². The molecule has 2 aromatic carbocycles. The number of sulfonamides is 1. The molecule has 0 fully saturated rings. The number of imide groups is 1. The molecule has 1 aliphatic rings. The van der Waals surface area contributed by atoms with Crippen molar-refractivity contribution in [3.8, 4) is 5.75 Å². The zero-order valence-corrected chi connectivity index (χ0v) is 21.5. The van der Waals surface area contributed by atoms with E-state index < -0.39 is 21.8 Å². The van der Waals surface area contributed by atoms with E-state index in [-0.39, 0.29) is 37.8 Å². The summed E-state index contributed by atoms with van der Waals surface area (Å²) < 4.78 is 35.6. The van der Waals surface area contributed by atoms with Crippen LogP contribution in [-0.4, -0.2) is 27.3 Å². The molecule has 0 radical (unpaired) electrons. The van der Waals surface area contributed by atoms with Crippen LogP contribution < -0.4 is 18.9 Å². The monoisotopic (exact) mass is 514 g/mol. The maximum Gasteiger partial charge on any atom is 0.268 e. The number of carbonyl (C=O) groups is 2. The Morgan fingerprint density at radius 1 is 0.971 bits per heavy atom. The summed E-state index contributed by atoms with van der Waals surface area (Å²) in [5.41, 5.74) is 0.901. The maximum atomic E-state index is 13.4. The molecule has 182 valence electrons. The Morgan fingerprint density at radius 3 is 2.20 bits per heavy atom. The van der Waals surface area contributed by atoms with Gasteiger partial charge in [-0.1, -0.05) is 44.5 Å². The molecule has 1 N–H and O–H groups in total. The van der Waals surface area contributed by atoms with Gasteiger partial charge in [-0.25, -0.2) is 17.9 Å². The molecule has 4 rings (SSSR count). The van der Waals surface area contributed by atoms with Gasteiger partial charge in [0.15, 0.2) is 11.9 Å². The third-order valence-corrected chi connectivity index (χ3v) is 7.41. The minimum Gasteiger partial charge on any atom is -0.491 e. The average Bonchev–Trinajstić information content (AvgIpc) is 3.06. The first-order chi connectivity index (χ1) is 16.3. The number of ether oxygens (including phenoxy) is 1. The van der Waals surface area contributed by atoms with E-state index in [9.17, 15) is 18.0 Å². The number of anilines is 2. The fourth-order valence-corrected chi connectivity index (χ4v) is 5.19. The average molecular weight is 515 g/mol. The lowest BCUT2D eigenvalue weighted by molar-refractivity contribution is -0.671. The summed E-state index contributed by atoms with van der Waals surface area (Å²) in [6.07, 6.45) is 3.26. The lowest BCUT2D eigenvalue weighted by Crippen LogP contribution is -2.34. The zero-order chi connectivity index (χ0) is 25.7. The van der Waals surface area contributed by atoms with Crippen LogP contribution in [0.5, 0.6) is 5.75 Å². The highest BCUT2D eigenvalue weighted by Gasteiger charge is 2.42. The van der Waals surface area contributed by atoms with Crippen LogP contribution in [0.3, 0.4) is 0 Å². The number of carbonyl (C=O) groups excluding carboxylic acids is 2. The molecule has 10 heteroatoms. The van der Waals surface area contributed by atoms with Crippen molar-refractivity contribution in [3.63, 3.8) is 0 Å². The number of methoxy groups -OCH3 is 1. The van der Waals surface area contributed by atoms with Crippen molar-refractivity contribution in [1.82, 2.24) is 0 Å². The molecule has 0 saturated carbocycles. The van der Waals surface area contributed by atoms with E-state index in [0.29, 0.717) is 5.75 Å². The second kappa shape index (κ2) is 8.66. The first-order valence-electron chi connectivity index (χ1n) is 10.7. The molecule has 0 unspecified atom stereocenters. The van der Waals surface area contributed by atoms with Gasteiger partial charge < -0.3 is 4.74 Å². The van der Waals surface area contributed by atoms with Crippen LogP contribution in [-0.2, 0) is 22.5 Å². The normalized spacial score (nSPS) is 13.7. The number of aryl methyl sites for hydroxylation is 1. The van der Waals surface area contributed by atoms with Gasteiger partial charge >= 0.3 is 0 Å². The fraction of sp³-hybridized carbons (Fsp3) is 0.240. The smallest absolute Gasteiger partial charge is 0.268 e. The summed E-state index contributed by atoms with van der Waals surface area (Å²) in [5, 5.41) is 0.0469. The van der Waals surface area contributed by atoms with Crippen LogP contribution in [0.15, 0.2) is 59.8 Å². The number of hydrogen-bond donors (Lipinski definition) is 1. The Kier molecular flexibility index (Phi) is 6.11. The molecule has 0 aliphatic carbocycles. The van der Waals surface area contributed by atoms with Crippen LogP contribution in [0.25, 0.3) is 0 Å². The van der Waals surface area contributed by atoms with Gasteiger partial charge in [0, 0.05) is 6.07 Å². The lowest BCUT2D eigenvalue weighted by atomic mass is 9.87. The molecule has 1 aliphatic heterocycles. The van der Waals surface area contributed by atoms with Gasteiger partial charge in [-0.15, -0.1) is 0 Å². The Labute approximate surface area is 209 Å². The molecular weight excluding hydrogens is 490 g/mol. The summed E-state index contributed by atoms with van der Waals surface area (Å²) in [7, 11) is -0.854. The Hall–Kier alpha value is -3.43. The quantitative estimate of drug-likeness (QED) is 0.409. The first-order valence-corrected chi connectivity index (χ1v) is 12.6. The Balaban J connectivity index is 1.75. The van der Waals surface area contributed by atoms with Crippen LogP contribution >= 0.6 is 11.6 Å². The Bertz CT molecular complexity index is 1460. The third-order valence-electron chi connectivity index (χ3n) is 5.71. The van der Waals surface area contributed by atoms with E-state index in [0.717, 1.165) is 10.5 Å². The van der Waals surface area contributed by atoms with Crippen molar-refractivity contribution in [2.75, 3.05) is 16.7 Å². The number of nitrogens with one attached hydrogen (secondary N) is 1. The molecule has 35 heavy (non-hydrogen) atoms. The summed E-state index contributed by atoms with van der Waals surface area (Å²) >= 11 is 6.29.